The number of benzene rings is 2. The van der Waals surface area contributed by atoms with Crippen LogP contribution in [0, 0.1) is 11.6 Å². The standard InChI is InChI=1S/C24H18ClF4N7O/c1-24(28,29)37-16-8-5-14(6-9-16)13-32-36-23-34-21(20-17(26)3-2-4-18(20)27)33-22(35-23)31-12-15-7-10-19(25)30-11-15/h2-11H,12-13H2,1H3,(H,31,33,34,35). The first-order chi connectivity index (χ1) is 17.7. The Morgan fingerprint density at radius 2 is 1.65 bits per heavy atom. The van der Waals surface area contributed by atoms with Gasteiger partial charge in [0.25, 0.3) is 5.95 Å². The van der Waals surface area contributed by atoms with E-state index in [0.717, 1.165) is 17.7 Å². The van der Waals surface area contributed by atoms with Gasteiger partial charge < -0.3 is 10.1 Å². The van der Waals surface area contributed by atoms with Crippen LogP contribution in [0.15, 0.2) is 71.0 Å². The van der Waals surface area contributed by atoms with Crippen molar-refractivity contribution in [2.45, 2.75) is 26.1 Å². The molecule has 0 aliphatic rings. The zero-order chi connectivity index (χ0) is 26.4. The number of anilines is 1. The van der Waals surface area contributed by atoms with Crippen molar-refractivity contribution >= 4 is 23.5 Å². The van der Waals surface area contributed by atoms with E-state index in [0.29, 0.717) is 17.6 Å². The highest BCUT2D eigenvalue weighted by molar-refractivity contribution is 6.29. The molecule has 0 aliphatic heterocycles. The lowest BCUT2D eigenvalue weighted by atomic mass is 10.2. The summed E-state index contributed by atoms with van der Waals surface area (Å²) in [7, 11) is 0. The van der Waals surface area contributed by atoms with Crippen LogP contribution in [0.25, 0.3) is 11.4 Å². The quantitative estimate of drug-likeness (QED) is 0.146. The molecule has 0 fully saturated rings. The van der Waals surface area contributed by atoms with E-state index in [4.69, 9.17) is 11.6 Å². The van der Waals surface area contributed by atoms with E-state index >= 15 is 0 Å². The number of aromatic nitrogens is 4. The van der Waals surface area contributed by atoms with Crippen molar-refractivity contribution in [3.05, 3.63) is 88.7 Å². The Morgan fingerprint density at radius 1 is 0.946 bits per heavy atom. The van der Waals surface area contributed by atoms with Gasteiger partial charge in [0.1, 0.15) is 22.5 Å². The predicted molar refractivity (Wildman–Crippen MR) is 128 cm³/mol. The van der Waals surface area contributed by atoms with Crippen LogP contribution in [-0.2, 0) is 13.1 Å². The van der Waals surface area contributed by atoms with Gasteiger partial charge in [-0.1, -0.05) is 35.9 Å². The first-order valence-corrected chi connectivity index (χ1v) is 11.1. The first-order valence-electron chi connectivity index (χ1n) is 10.7. The molecule has 0 unspecified atom stereocenters. The second-order valence-electron chi connectivity index (χ2n) is 7.68. The number of alkyl halides is 2. The minimum atomic E-state index is -3.30. The summed E-state index contributed by atoms with van der Waals surface area (Å²) in [5, 5.41) is 11.2. The van der Waals surface area contributed by atoms with Gasteiger partial charge in [-0.15, -0.1) is 5.11 Å². The van der Waals surface area contributed by atoms with Crippen LogP contribution in [0.1, 0.15) is 18.1 Å². The van der Waals surface area contributed by atoms with Crippen molar-refractivity contribution in [2.24, 2.45) is 10.2 Å². The van der Waals surface area contributed by atoms with E-state index in [2.05, 4.69) is 40.2 Å². The second kappa shape index (κ2) is 11.2. The molecule has 0 spiro atoms. The Hall–Kier alpha value is -4.19. The second-order valence-corrected chi connectivity index (χ2v) is 8.06. The lowest BCUT2D eigenvalue weighted by molar-refractivity contribution is -0.158. The summed E-state index contributed by atoms with van der Waals surface area (Å²) >= 11 is 5.80. The molecule has 0 aliphatic carbocycles. The molecule has 2 heterocycles. The average molecular weight is 532 g/mol. The summed E-state index contributed by atoms with van der Waals surface area (Å²) in [4.78, 5) is 16.3. The van der Waals surface area contributed by atoms with E-state index in [-0.39, 0.29) is 36.6 Å². The molecule has 0 atom stereocenters. The fraction of sp³-hybridized carbons (Fsp3) is 0.167. The number of ether oxygens (including phenoxy) is 1. The number of halogens is 5. The number of hydrogen-bond acceptors (Lipinski definition) is 8. The smallest absolute Gasteiger partial charge is 0.394 e. The van der Waals surface area contributed by atoms with Crippen LogP contribution in [0.4, 0.5) is 29.5 Å². The number of pyridine rings is 1. The molecule has 190 valence electrons. The molecular formula is C24H18ClF4N7O. The highest BCUT2D eigenvalue weighted by Crippen LogP contribution is 2.26. The summed E-state index contributed by atoms with van der Waals surface area (Å²) in [5.74, 6) is -2.20. The minimum Gasteiger partial charge on any atom is -0.433 e. The van der Waals surface area contributed by atoms with Crippen molar-refractivity contribution in [3.63, 3.8) is 0 Å². The van der Waals surface area contributed by atoms with E-state index in [1.54, 1.807) is 30.5 Å². The molecule has 0 saturated carbocycles. The number of azo groups is 1. The third-order valence-electron chi connectivity index (χ3n) is 4.68. The normalized spacial score (nSPS) is 11.6. The van der Waals surface area contributed by atoms with E-state index in [1.807, 2.05) is 0 Å². The Labute approximate surface area is 213 Å². The van der Waals surface area contributed by atoms with Gasteiger partial charge in [-0.2, -0.15) is 28.8 Å². The van der Waals surface area contributed by atoms with E-state index in [9.17, 15) is 17.6 Å². The van der Waals surface area contributed by atoms with E-state index < -0.39 is 23.3 Å². The highest BCUT2D eigenvalue weighted by Gasteiger charge is 2.23. The molecular weight excluding hydrogens is 514 g/mol. The van der Waals surface area contributed by atoms with Crippen LogP contribution in [0.3, 0.4) is 0 Å². The Balaban J connectivity index is 1.56. The molecule has 1 N–H and O–H groups in total. The fourth-order valence-corrected chi connectivity index (χ4v) is 3.17. The first kappa shape index (κ1) is 25.9. The fourth-order valence-electron chi connectivity index (χ4n) is 3.05. The molecule has 2 aromatic heterocycles. The van der Waals surface area contributed by atoms with Crippen molar-refractivity contribution in [1.29, 1.82) is 0 Å². The highest BCUT2D eigenvalue weighted by atomic mass is 35.5. The largest absolute Gasteiger partial charge is 0.433 e. The van der Waals surface area contributed by atoms with Gasteiger partial charge in [0, 0.05) is 19.7 Å². The number of nitrogens with zero attached hydrogens (tertiary/aromatic N) is 6. The van der Waals surface area contributed by atoms with Crippen LogP contribution >= 0.6 is 11.6 Å². The zero-order valence-electron chi connectivity index (χ0n) is 19.2. The molecule has 0 radical (unpaired) electrons. The van der Waals surface area contributed by atoms with Crippen LogP contribution < -0.4 is 10.1 Å². The van der Waals surface area contributed by atoms with Gasteiger partial charge in [0.2, 0.25) is 5.95 Å². The van der Waals surface area contributed by atoms with Gasteiger partial charge in [0.15, 0.2) is 5.82 Å². The summed E-state index contributed by atoms with van der Waals surface area (Å²) in [5.41, 5.74) is 0.944. The maximum absolute atomic E-state index is 14.4. The average Bonchev–Trinajstić information content (AvgIpc) is 2.84. The Kier molecular flexibility index (Phi) is 7.87. The maximum Gasteiger partial charge on any atom is 0.394 e. The molecule has 0 amide bonds. The lowest BCUT2D eigenvalue weighted by Crippen LogP contribution is -2.18. The van der Waals surface area contributed by atoms with Crippen molar-refractivity contribution in [2.75, 3.05) is 5.32 Å². The molecule has 13 heteroatoms. The molecule has 4 aromatic rings. The van der Waals surface area contributed by atoms with Gasteiger partial charge in [-0.05, 0) is 41.5 Å². The minimum absolute atomic E-state index is 0.00134. The van der Waals surface area contributed by atoms with Gasteiger partial charge in [0.05, 0.1) is 12.1 Å². The van der Waals surface area contributed by atoms with Crippen LogP contribution in [0.2, 0.25) is 5.15 Å². The predicted octanol–water partition coefficient (Wildman–Crippen LogP) is 6.75. The van der Waals surface area contributed by atoms with Gasteiger partial charge >= 0.3 is 6.11 Å². The number of rotatable bonds is 9. The zero-order valence-corrected chi connectivity index (χ0v) is 19.9. The van der Waals surface area contributed by atoms with Gasteiger partial charge in [-0.3, -0.25) is 0 Å². The summed E-state index contributed by atoms with van der Waals surface area (Å²) in [6.07, 6.45) is -1.75. The number of nitrogens with one attached hydrogen (secondary N) is 1. The summed E-state index contributed by atoms with van der Waals surface area (Å²) in [6, 6.07) is 12.6. The summed E-state index contributed by atoms with van der Waals surface area (Å²) < 4.78 is 59.2. The maximum atomic E-state index is 14.4. The van der Waals surface area contributed by atoms with Crippen LogP contribution in [0.5, 0.6) is 5.75 Å². The van der Waals surface area contributed by atoms with Crippen molar-refractivity contribution in [3.8, 4) is 17.1 Å². The SMILES string of the molecule is CC(F)(F)Oc1ccc(CN=Nc2nc(NCc3ccc(Cl)nc3)nc(-c3c(F)cccc3F)n2)cc1. The molecule has 37 heavy (non-hydrogen) atoms. The van der Waals surface area contributed by atoms with Crippen molar-refractivity contribution in [1.82, 2.24) is 19.9 Å². The van der Waals surface area contributed by atoms with E-state index in [1.165, 1.54) is 18.2 Å². The molecule has 0 saturated heterocycles. The van der Waals surface area contributed by atoms with Crippen LogP contribution in [-0.4, -0.2) is 26.0 Å². The number of hydrogen-bond donors (Lipinski definition) is 1. The molecule has 2 aromatic carbocycles. The Bertz CT molecular complexity index is 1380. The summed E-state index contributed by atoms with van der Waals surface area (Å²) in [6.45, 7) is 0.924. The lowest BCUT2D eigenvalue weighted by Gasteiger charge is -2.12. The van der Waals surface area contributed by atoms with Gasteiger partial charge in [-0.25, -0.2) is 13.8 Å². The Morgan fingerprint density at radius 3 is 2.30 bits per heavy atom. The molecule has 8 nitrogen and oxygen atoms in total. The molecule has 0 bridgehead atoms. The van der Waals surface area contributed by atoms with Crippen molar-refractivity contribution < 1.29 is 22.3 Å². The molecule has 4 rings (SSSR count). The third-order valence-corrected chi connectivity index (χ3v) is 4.91. The topological polar surface area (TPSA) is 97.5 Å². The monoisotopic (exact) mass is 531 g/mol. The third kappa shape index (κ3) is 7.40.